The van der Waals surface area contributed by atoms with Gasteiger partial charge in [0.1, 0.15) is 6.04 Å². The van der Waals surface area contributed by atoms with Crippen molar-refractivity contribution in [1.29, 1.82) is 0 Å². The van der Waals surface area contributed by atoms with E-state index >= 15 is 0 Å². The summed E-state index contributed by atoms with van der Waals surface area (Å²) in [5, 5.41) is 12.1. The lowest BCUT2D eigenvalue weighted by atomic mass is 10.1. The number of amides is 1. The summed E-state index contributed by atoms with van der Waals surface area (Å²) in [6.45, 7) is 0. The second-order valence-corrected chi connectivity index (χ2v) is 5.65. The molecule has 2 aromatic carbocycles. The topological polar surface area (TPSA) is 66.4 Å². The Hall–Kier alpha value is -2.47. The molecule has 1 atom stereocenters. The third-order valence-corrected chi connectivity index (χ3v) is 3.59. The molecule has 0 aliphatic carbocycles. The van der Waals surface area contributed by atoms with Crippen LogP contribution in [0.1, 0.15) is 11.1 Å². The predicted octanol–water partition coefficient (Wildman–Crippen LogP) is 2.97. The standard InChI is InChI=1S/C17H14ClF2NO3/c18-12-4-1-10(2-5-12)8-15(17(23)24)21-16(22)9-11-3-6-13(19)14(20)7-11/h1-7,15H,8-9H2,(H,21,22)(H,23,24)/t15-/m1/s1. The molecule has 0 aliphatic heterocycles. The van der Waals surface area contributed by atoms with E-state index in [-0.39, 0.29) is 18.4 Å². The van der Waals surface area contributed by atoms with Gasteiger partial charge in [-0.25, -0.2) is 13.6 Å². The van der Waals surface area contributed by atoms with Gasteiger partial charge in [0.2, 0.25) is 5.91 Å². The van der Waals surface area contributed by atoms with Crippen LogP contribution in [0.15, 0.2) is 42.5 Å². The first kappa shape index (κ1) is 17.9. The van der Waals surface area contributed by atoms with Crippen molar-refractivity contribution in [3.8, 4) is 0 Å². The van der Waals surface area contributed by atoms with Gasteiger partial charge in [-0.1, -0.05) is 29.8 Å². The second kappa shape index (κ2) is 7.88. The monoisotopic (exact) mass is 353 g/mol. The van der Waals surface area contributed by atoms with Crippen LogP contribution in [0.4, 0.5) is 8.78 Å². The highest BCUT2D eigenvalue weighted by molar-refractivity contribution is 6.30. The molecule has 2 rings (SSSR count). The van der Waals surface area contributed by atoms with Gasteiger partial charge in [0.05, 0.1) is 6.42 Å². The van der Waals surface area contributed by atoms with Crippen LogP contribution < -0.4 is 5.32 Å². The Morgan fingerprint density at radius 3 is 2.25 bits per heavy atom. The molecule has 0 aromatic heterocycles. The number of benzene rings is 2. The van der Waals surface area contributed by atoms with Crippen LogP contribution >= 0.6 is 11.6 Å². The number of aliphatic carboxylic acids is 1. The third-order valence-electron chi connectivity index (χ3n) is 3.34. The maximum absolute atomic E-state index is 13.1. The Kier molecular flexibility index (Phi) is 5.87. The zero-order chi connectivity index (χ0) is 17.7. The molecule has 4 nitrogen and oxygen atoms in total. The van der Waals surface area contributed by atoms with Gasteiger partial charge in [-0.3, -0.25) is 4.79 Å². The quantitative estimate of drug-likeness (QED) is 0.839. The molecule has 126 valence electrons. The van der Waals surface area contributed by atoms with E-state index in [9.17, 15) is 23.5 Å². The number of carbonyl (C=O) groups is 2. The fraction of sp³-hybridized carbons (Fsp3) is 0.176. The Balaban J connectivity index is 2.01. The minimum atomic E-state index is -1.19. The molecule has 24 heavy (non-hydrogen) atoms. The molecule has 0 saturated heterocycles. The first-order valence-corrected chi connectivity index (χ1v) is 7.43. The van der Waals surface area contributed by atoms with Gasteiger partial charge in [0.15, 0.2) is 11.6 Å². The van der Waals surface area contributed by atoms with Crippen molar-refractivity contribution in [3.63, 3.8) is 0 Å². The molecule has 0 bridgehead atoms. The van der Waals surface area contributed by atoms with E-state index < -0.39 is 29.6 Å². The lowest BCUT2D eigenvalue weighted by Crippen LogP contribution is -2.43. The highest BCUT2D eigenvalue weighted by Gasteiger charge is 2.20. The number of nitrogens with one attached hydrogen (secondary N) is 1. The molecule has 0 saturated carbocycles. The number of hydrogen-bond acceptors (Lipinski definition) is 2. The Morgan fingerprint density at radius 1 is 1.04 bits per heavy atom. The normalized spacial score (nSPS) is 11.8. The molecule has 0 unspecified atom stereocenters. The van der Waals surface area contributed by atoms with Crippen LogP contribution in [0.25, 0.3) is 0 Å². The molecular formula is C17H14ClF2NO3. The van der Waals surface area contributed by atoms with Gasteiger partial charge >= 0.3 is 5.97 Å². The van der Waals surface area contributed by atoms with Crippen LogP contribution in [0.3, 0.4) is 0 Å². The minimum absolute atomic E-state index is 0.0794. The minimum Gasteiger partial charge on any atom is -0.480 e. The molecule has 0 spiro atoms. The molecule has 2 aromatic rings. The van der Waals surface area contributed by atoms with E-state index in [1.165, 1.54) is 6.07 Å². The summed E-state index contributed by atoms with van der Waals surface area (Å²) in [4.78, 5) is 23.3. The summed E-state index contributed by atoms with van der Waals surface area (Å²) in [6, 6.07) is 8.54. The molecule has 7 heteroatoms. The van der Waals surface area contributed by atoms with Gasteiger partial charge in [0, 0.05) is 11.4 Å². The van der Waals surface area contributed by atoms with E-state index in [2.05, 4.69) is 5.32 Å². The van der Waals surface area contributed by atoms with E-state index in [4.69, 9.17) is 11.6 Å². The molecular weight excluding hydrogens is 340 g/mol. The van der Waals surface area contributed by atoms with Crippen LogP contribution in [-0.4, -0.2) is 23.0 Å². The fourth-order valence-corrected chi connectivity index (χ4v) is 2.26. The summed E-state index contributed by atoms with van der Waals surface area (Å²) in [5.41, 5.74) is 0.946. The predicted molar refractivity (Wildman–Crippen MR) is 84.8 cm³/mol. The zero-order valence-corrected chi connectivity index (χ0v) is 13.2. The Morgan fingerprint density at radius 2 is 1.67 bits per heavy atom. The molecule has 2 N–H and O–H groups in total. The Bertz CT molecular complexity index is 750. The number of carbonyl (C=O) groups excluding carboxylic acids is 1. The van der Waals surface area contributed by atoms with Gasteiger partial charge in [-0.15, -0.1) is 0 Å². The fourth-order valence-electron chi connectivity index (χ4n) is 2.14. The molecule has 0 radical (unpaired) electrons. The average molecular weight is 354 g/mol. The lowest BCUT2D eigenvalue weighted by molar-refractivity contribution is -0.141. The first-order valence-electron chi connectivity index (χ1n) is 7.05. The zero-order valence-electron chi connectivity index (χ0n) is 12.4. The van der Waals surface area contributed by atoms with Crippen LogP contribution in [0.5, 0.6) is 0 Å². The summed E-state index contributed by atoms with van der Waals surface area (Å²) in [5.74, 6) is -3.85. The summed E-state index contributed by atoms with van der Waals surface area (Å²) in [6.07, 6.45) is -0.169. The second-order valence-electron chi connectivity index (χ2n) is 5.21. The van der Waals surface area contributed by atoms with Crippen molar-refractivity contribution in [2.75, 3.05) is 0 Å². The summed E-state index contributed by atoms with van der Waals surface area (Å²) < 4.78 is 26.0. The smallest absolute Gasteiger partial charge is 0.326 e. The number of hydrogen-bond donors (Lipinski definition) is 2. The maximum atomic E-state index is 13.1. The molecule has 0 fully saturated rings. The van der Waals surface area contributed by atoms with Crippen LogP contribution in [0.2, 0.25) is 5.02 Å². The number of halogens is 3. The summed E-state index contributed by atoms with van der Waals surface area (Å²) in [7, 11) is 0. The van der Waals surface area contributed by atoms with Gasteiger partial charge < -0.3 is 10.4 Å². The molecule has 0 aliphatic rings. The molecule has 0 heterocycles. The van der Waals surface area contributed by atoms with Crippen LogP contribution in [-0.2, 0) is 22.4 Å². The highest BCUT2D eigenvalue weighted by Crippen LogP contribution is 2.12. The Labute approximate surface area is 142 Å². The van der Waals surface area contributed by atoms with Gasteiger partial charge in [0.25, 0.3) is 0 Å². The highest BCUT2D eigenvalue weighted by atomic mass is 35.5. The number of carboxylic acid groups (broad SMARTS) is 1. The first-order chi connectivity index (χ1) is 11.3. The average Bonchev–Trinajstić information content (AvgIpc) is 2.52. The van der Waals surface area contributed by atoms with Crippen molar-refractivity contribution in [3.05, 3.63) is 70.2 Å². The van der Waals surface area contributed by atoms with Crippen molar-refractivity contribution in [2.24, 2.45) is 0 Å². The van der Waals surface area contributed by atoms with Crippen molar-refractivity contribution >= 4 is 23.5 Å². The van der Waals surface area contributed by atoms with E-state index in [0.29, 0.717) is 10.6 Å². The van der Waals surface area contributed by atoms with E-state index in [1.54, 1.807) is 24.3 Å². The van der Waals surface area contributed by atoms with E-state index in [1.807, 2.05) is 0 Å². The summed E-state index contributed by atoms with van der Waals surface area (Å²) >= 11 is 5.77. The third kappa shape index (κ3) is 5.03. The van der Waals surface area contributed by atoms with Crippen molar-refractivity contribution in [2.45, 2.75) is 18.9 Å². The van der Waals surface area contributed by atoms with E-state index in [0.717, 1.165) is 12.1 Å². The van der Waals surface area contributed by atoms with Gasteiger partial charge in [-0.2, -0.15) is 0 Å². The van der Waals surface area contributed by atoms with Crippen molar-refractivity contribution in [1.82, 2.24) is 5.32 Å². The SMILES string of the molecule is O=C(Cc1ccc(F)c(F)c1)N[C@H](Cc1ccc(Cl)cc1)C(=O)O. The van der Waals surface area contributed by atoms with Crippen LogP contribution in [0, 0.1) is 11.6 Å². The van der Waals surface area contributed by atoms with Gasteiger partial charge in [-0.05, 0) is 35.4 Å². The number of rotatable bonds is 6. The largest absolute Gasteiger partial charge is 0.480 e. The maximum Gasteiger partial charge on any atom is 0.326 e. The van der Waals surface area contributed by atoms with Crippen molar-refractivity contribution < 1.29 is 23.5 Å². The molecule has 1 amide bonds. The number of carboxylic acids is 1. The lowest BCUT2D eigenvalue weighted by Gasteiger charge is -2.15.